The van der Waals surface area contributed by atoms with Crippen LogP contribution in [0.2, 0.25) is 0 Å². The molecule has 1 aromatic heterocycles. The summed E-state index contributed by atoms with van der Waals surface area (Å²) in [5.41, 5.74) is 1.08. The second kappa shape index (κ2) is 5.11. The van der Waals surface area contributed by atoms with Crippen molar-refractivity contribution in [1.29, 1.82) is 0 Å². The fourth-order valence-electron chi connectivity index (χ4n) is 2.28. The van der Waals surface area contributed by atoms with Gasteiger partial charge in [-0.3, -0.25) is 0 Å². The van der Waals surface area contributed by atoms with E-state index in [9.17, 15) is 0 Å². The lowest BCUT2D eigenvalue weighted by molar-refractivity contribution is 0.356. The maximum absolute atomic E-state index is 5.67. The van der Waals surface area contributed by atoms with Crippen molar-refractivity contribution < 1.29 is 4.42 Å². The van der Waals surface area contributed by atoms with Crippen molar-refractivity contribution in [2.45, 2.75) is 25.4 Å². The van der Waals surface area contributed by atoms with Crippen LogP contribution in [0.3, 0.4) is 0 Å². The van der Waals surface area contributed by atoms with Gasteiger partial charge in [0.1, 0.15) is 0 Å². The first-order chi connectivity index (χ1) is 9.25. The van der Waals surface area contributed by atoms with Crippen molar-refractivity contribution in [1.82, 2.24) is 20.8 Å². The molecular formula is C14H18N4O. The van der Waals surface area contributed by atoms with Crippen LogP contribution in [0, 0.1) is 0 Å². The first-order valence-corrected chi connectivity index (χ1v) is 6.59. The van der Waals surface area contributed by atoms with Gasteiger partial charge in [-0.05, 0) is 32.0 Å². The molecule has 0 aliphatic carbocycles. The van der Waals surface area contributed by atoms with E-state index in [2.05, 4.69) is 27.8 Å². The number of hydrogen-bond acceptors (Lipinski definition) is 5. The second-order valence-corrected chi connectivity index (χ2v) is 5.21. The highest BCUT2D eigenvalue weighted by Gasteiger charge is 2.28. The monoisotopic (exact) mass is 258 g/mol. The minimum Gasteiger partial charge on any atom is -0.419 e. The Bertz CT molecular complexity index is 531. The van der Waals surface area contributed by atoms with Crippen LogP contribution in [0.5, 0.6) is 0 Å². The summed E-state index contributed by atoms with van der Waals surface area (Å²) in [5.74, 6) is 1.21. The number of nitrogens with zero attached hydrogens (tertiary/aromatic N) is 2. The molecule has 5 nitrogen and oxygen atoms in total. The topological polar surface area (TPSA) is 63.0 Å². The molecule has 1 aliphatic rings. The van der Waals surface area contributed by atoms with Crippen LogP contribution in [0.25, 0.3) is 11.5 Å². The number of aromatic nitrogens is 2. The molecule has 1 aliphatic heterocycles. The van der Waals surface area contributed by atoms with E-state index < -0.39 is 0 Å². The molecule has 0 amide bonds. The SMILES string of the molecule is CC1(NCc2nnc(-c3ccccc3)o2)CCNC1. The zero-order valence-corrected chi connectivity index (χ0v) is 11.0. The van der Waals surface area contributed by atoms with Gasteiger partial charge < -0.3 is 15.1 Å². The van der Waals surface area contributed by atoms with Gasteiger partial charge in [0.15, 0.2) is 0 Å². The highest BCUT2D eigenvalue weighted by atomic mass is 16.4. The van der Waals surface area contributed by atoms with E-state index >= 15 is 0 Å². The molecule has 2 N–H and O–H groups in total. The zero-order chi connectivity index (χ0) is 13.1. The summed E-state index contributed by atoms with van der Waals surface area (Å²) < 4.78 is 5.67. The van der Waals surface area contributed by atoms with E-state index in [0.717, 1.165) is 25.1 Å². The Morgan fingerprint density at radius 3 is 2.89 bits per heavy atom. The van der Waals surface area contributed by atoms with Crippen molar-refractivity contribution in [3.63, 3.8) is 0 Å². The number of nitrogens with one attached hydrogen (secondary N) is 2. The Hall–Kier alpha value is -1.72. The summed E-state index contributed by atoms with van der Waals surface area (Å²) in [4.78, 5) is 0. The highest BCUT2D eigenvalue weighted by molar-refractivity contribution is 5.51. The maximum atomic E-state index is 5.67. The summed E-state index contributed by atoms with van der Waals surface area (Å²) >= 11 is 0. The lowest BCUT2D eigenvalue weighted by Crippen LogP contribution is -2.43. The van der Waals surface area contributed by atoms with E-state index in [1.807, 2.05) is 30.3 Å². The van der Waals surface area contributed by atoms with Crippen LogP contribution in [0.1, 0.15) is 19.2 Å². The maximum Gasteiger partial charge on any atom is 0.247 e. The minimum absolute atomic E-state index is 0.126. The predicted octanol–water partition coefficient (Wildman–Crippen LogP) is 1.58. The third kappa shape index (κ3) is 2.83. The third-order valence-corrected chi connectivity index (χ3v) is 3.52. The van der Waals surface area contributed by atoms with E-state index in [4.69, 9.17) is 4.42 Å². The normalized spacial score (nSPS) is 22.8. The molecule has 3 rings (SSSR count). The molecule has 2 aromatic rings. The van der Waals surface area contributed by atoms with Crippen molar-refractivity contribution in [3.8, 4) is 11.5 Å². The molecule has 0 radical (unpaired) electrons. The van der Waals surface area contributed by atoms with Gasteiger partial charge in [0.25, 0.3) is 0 Å². The largest absolute Gasteiger partial charge is 0.419 e. The zero-order valence-electron chi connectivity index (χ0n) is 11.0. The molecule has 1 unspecified atom stereocenters. The molecule has 1 atom stereocenters. The molecule has 2 heterocycles. The Kier molecular flexibility index (Phi) is 3.31. The minimum atomic E-state index is 0.126. The molecule has 0 spiro atoms. The summed E-state index contributed by atoms with van der Waals surface area (Å²) in [7, 11) is 0. The van der Waals surface area contributed by atoms with Crippen molar-refractivity contribution in [3.05, 3.63) is 36.2 Å². The van der Waals surface area contributed by atoms with E-state index in [-0.39, 0.29) is 5.54 Å². The van der Waals surface area contributed by atoms with Crippen LogP contribution in [-0.4, -0.2) is 28.8 Å². The number of benzene rings is 1. The van der Waals surface area contributed by atoms with Crippen LogP contribution in [0.4, 0.5) is 0 Å². The number of hydrogen-bond donors (Lipinski definition) is 2. The van der Waals surface area contributed by atoms with E-state index in [0.29, 0.717) is 18.3 Å². The van der Waals surface area contributed by atoms with Gasteiger partial charge in [-0.1, -0.05) is 18.2 Å². The Morgan fingerprint density at radius 1 is 1.32 bits per heavy atom. The van der Waals surface area contributed by atoms with Crippen molar-refractivity contribution in [2.24, 2.45) is 0 Å². The van der Waals surface area contributed by atoms with Crippen LogP contribution in [-0.2, 0) is 6.54 Å². The first kappa shape index (κ1) is 12.3. The molecule has 19 heavy (non-hydrogen) atoms. The molecule has 1 fully saturated rings. The summed E-state index contributed by atoms with van der Waals surface area (Å²) in [6.45, 7) is 4.86. The predicted molar refractivity (Wildman–Crippen MR) is 72.5 cm³/mol. The molecule has 0 bridgehead atoms. The van der Waals surface area contributed by atoms with Gasteiger partial charge in [0, 0.05) is 17.6 Å². The van der Waals surface area contributed by atoms with Gasteiger partial charge in [0.2, 0.25) is 11.8 Å². The Morgan fingerprint density at radius 2 is 2.16 bits per heavy atom. The average molecular weight is 258 g/mol. The van der Waals surface area contributed by atoms with Gasteiger partial charge in [-0.2, -0.15) is 0 Å². The Balaban J connectivity index is 1.65. The van der Waals surface area contributed by atoms with Crippen molar-refractivity contribution in [2.75, 3.05) is 13.1 Å². The summed E-state index contributed by atoms with van der Waals surface area (Å²) in [6.07, 6.45) is 1.12. The van der Waals surface area contributed by atoms with E-state index in [1.165, 1.54) is 0 Å². The second-order valence-electron chi connectivity index (χ2n) is 5.21. The molecular weight excluding hydrogens is 240 g/mol. The quantitative estimate of drug-likeness (QED) is 0.871. The molecule has 0 saturated carbocycles. The summed E-state index contributed by atoms with van der Waals surface area (Å²) in [5, 5.41) is 15.0. The van der Waals surface area contributed by atoms with Gasteiger partial charge in [-0.15, -0.1) is 10.2 Å². The fourth-order valence-corrected chi connectivity index (χ4v) is 2.28. The van der Waals surface area contributed by atoms with Crippen molar-refractivity contribution >= 4 is 0 Å². The fraction of sp³-hybridized carbons (Fsp3) is 0.429. The van der Waals surface area contributed by atoms with Gasteiger partial charge in [0.05, 0.1) is 6.54 Å². The van der Waals surface area contributed by atoms with E-state index in [1.54, 1.807) is 0 Å². The van der Waals surface area contributed by atoms with Crippen LogP contribution >= 0.6 is 0 Å². The molecule has 1 aromatic carbocycles. The van der Waals surface area contributed by atoms with Crippen LogP contribution in [0.15, 0.2) is 34.7 Å². The highest BCUT2D eigenvalue weighted by Crippen LogP contribution is 2.18. The number of rotatable bonds is 4. The standard InChI is InChI=1S/C14H18N4O/c1-14(7-8-15-10-14)16-9-12-17-18-13(19-12)11-5-3-2-4-6-11/h2-6,15-16H,7-10H2,1H3. The lowest BCUT2D eigenvalue weighted by atomic mass is 10.0. The molecule has 1 saturated heterocycles. The summed E-state index contributed by atoms with van der Waals surface area (Å²) in [6, 6.07) is 9.82. The Labute approximate surface area is 112 Å². The van der Waals surface area contributed by atoms with Gasteiger partial charge >= 0.3 is 0 Å². The smallest absolute Gasteiger partial charge is 0.247 e. The first-order valence-electron chi connectivity index (χ1n) is 6.59. The third-order valence-electron chi connectivity index (χ3n) is 3.52. The lowest BCUT2D eigenvalue weighted by Gasteiger charge is -2.23. The van der Waals surface area contributed by atoms with Gasteiger partial charge in [-0.25, -0.2) is 0 Å². The average Bonchev–Trinajstić information content (AvgIpc) is 3.07. The van der Waals surface area contributed by atoms with Crippen LogP contribution < -0.4 is 10.6 Å². The molecule has 5 heteroatoms. The molecule has 100 valence electrons.